The Morgan fingerprint density at radius 2 is 1.52 bits per heavy atom. The molecule has 3 aromatic rings. The lowest BCUT2D eigenvalue weighted by Gasteiger charge is -2.34. The lowest BCUT2D eigenvalue weighted by Crippen LogP contribution is -2.63. The van der Waals surface area contributed by atoms with Crippen molar-refractivity contribution in [1.29, 1.82) is 0 Å². The van der Waals surface area contributed by atoms with Crippen molar-refractivity contribution >= 4 is 64.4 Å². The SMILES string of the molecule is C[C@@H](/C=C/C=C/C=C/c1ccccc1)[C@H](O)[C@@H](O)[C@H]1NC(=O)C[C@@H](O)CNC(=O)CNC(=O)/C(=C\c2c[nH]c3ccccc23)NC(=O)CN(C)C(=O)C[C@]2(O)NC(=O)C[C@H]2NC(=O)[C@H]1O. The molecule has 1 aromatic heterocycles. The maximum atomic E-state index is 13.6. The summed E-state index contributed by atoms with van der Waals surface area (Å²) in [5.41, 5.74) is -0.602. The van der Waals surface area contributed by atoms with E-state index in [0.717, 1.165) is 16.0 Å². The van der Waals surface area contributed by atoms with Crippen molar-refractivity contribution in [3.63, 3.8) is 0 Å². The number of amides is 7. The summed E-state index contributed by atoms with van der Waals surface area (Å²) in [6, 6.07) is 13.1. The van der Waals surface area contributed by atoms with Crippen molar-refractivity contribution < 1.29 is 59.1 Å². The number of carbonyl (C=O) groups is 7. The van der Waals surface area contributed by atoms with Gasteiger partial charge in [-0.3, -0.25) is 33.6 Å². The third-order valence-corrected chi connectivity index (χ3v) is 10.7. The van der Waals surface area contributed by atoms with Gasteiger partial charge in [-0.15, -0.1) is 0 Å². The molecule has 3 heterocycles. The van der Waals surface area contributed by atoms with Gasteiger partial charge in [-0.1, -0.05) is 91.9 Å². The normalized spacial score (nSPS) is 26.0. The van der Waals surface area contributed by atoms with E-state index in [2.05, 4.69) is 36.9 Å². The number of nitrogens with one attached hydrogen (secondary N) is 7. The fourth-order valence-corrected chi connectivity index (χ4v) is 7.05. The van der Waals surface area contributed by atoms with Gasteiger partial charge in [0.05, 0.1) is 56.6 Å². The molecular weight excluding hydrogens is 845 g/mol. The second-order valence-electron chi connectivity index (χ2n) is 15.8. The predicted octanol–water partition coefficient (Wildman–Crippen LogP) is -1.81. The quantitative estimate of drug-likeness (QED) is 0.0881. The smallest absolute Gasteiger partial charge is 0.268 e. The van der Waals surface area contributed by atoms with Crippen molar-refractivity contribution in [1.82, 2.24) is 41.8 Å². The van der Waals surface area contributed by atoms with Gasteiger partial charge in [0.2, 0.25) is 29.5 Å². The van der Waals surface area contributed by atoms with E-state index in [1.807, 2.05) is 36.4 Å². The largest absolute Gasteiger partial charge is 0.391 e. The zero-order valence-corrected chi connectivity index (χ0v) is 35.6. The molecule has 5 rings (SSSR count). The number of aromatic amines is 1. The summed E-state index contributed by atoms with van der Waals surface area (Å²) in [5, 5.41) is 70.7. The molecule has 0 aliphatic carbocycles. The average molecular weight is 899 g/mol. The van der Waals surface area contributed by atoms with Crippen LogP contribution in [0.3, 0.4) is 0 Å². The first kappa shape index (κ1) is 49.1. The van der Waals surface area contributed by atoms with Crippen LogP contribution in [0.5, 0.6) is 0 Å². The summed E-state index contributed by atoms with van der Waals surface area (Å²) in [6.45, 7) is -0.323. The Kier molecular flexibility index (Phi) is 17.0. The minimum Gasteiger partial charge on any atom is -0.391 e. The number of para-hydroxylation sites is 1. The number of hydrogen-bond acceptors (Lipinski definition) is 12. The van der Waals surface area contributed by atoms with Crippen LogP contribution in [-0.2, 0) is 33.6 Å². The van der Waals surface area contributed by atoms with Crippen LogP contribution in [0.4, 0.5) is 0 Å². The van der Waals surface area contributed by atoms with Gasteiger partial charge in [-0.25, -0.2) is 0 Å². The van der Waals surface area contributed by atoms with E-state index in [1.165, 1.54) is 26.1 Å². The number of rotatable bonds is 8. The summed E-state index contributed by atoms with van der Waals surface area (Å²) >= 11 is 0. The fourth-order valence-electron chi connectivity index (χ4n) is 7.05. The first-order chi connectivity index (χ1) is 30.9. The van der Waals surface area contributed by atoms with E-state index in [0.29, 0.717) is 10.9 Å². The monoisotopic (exact) mass is 898 g/mol. The molecule has 2 aliphatic rings. The van der Waals surface area contributed by atoms with Crippen LogP contribution in [0.1, 0.15) is 37.3 Å². The molecule has 2 aromatic carbocycles. The van der Waals surface area contributed by atoms with E-state index in [9.17, 15) is 59.1 Å². The number of likely N-dealkylation sites (N-methyl/N-ethyl adjacent to an activating group) is 1. The van der Waals surface area contributed by atoms with Crippen LogP contribution < -0.4 is 31.9 Å². The molecule has 2 aliphatic heterocycles. The number of carbonyl (C=O) groups excluding carboxylic acids is 7. The maximum absolute atomic E-state index is 13.6. The fraction of sp³-hybridized carbons (Fsp3) is 0.356. The molecule has 65 heavy (non-hydrogen) atoms. The highest BCUT2D eigenvalue weighted by Crippen LogP contribution is 2.24. The minimum absolute atomic E-state index is 0.317. The molecule has 2 saturated heterocycles. The Morgan fingerprint density at radius 1 is 0.815 bits per heavy atom. The second kappa shape index (κ2) is 22.6. The highest BCUT2D eigenvalue weighted by Gasteiger charge is 2.49. The third-order valence-electron chi connectivity index (χ3n) is 10.7. The Morgan fingerprint density at radius 3 is 2.28 bits per heavy atom. The van der Waals surface area contributed by atoms with Gasteiger partial charge >= 0.3 is 0 Å². The number of aliphatic hydroxyl groups is 5. The summed E-state index contributed by atoms with van der Waals surface area (Å²) in [7, 11) is 1.21. The van der Waals surface area contributed by atoms with Crippen molar-refractivity contribution in [3.8, 4) is 0 Å². The molecule has 7 amide bonds. The minimum atomic E-state index is -2.46. The lowest BCUT2D eigenvalue weighted by atomic mass is 9.91. The molecule has 0 spiro atoms. The number of allylic oxidation sites excluding steroid dienone is 4. The number of benzene rings is 2. The molecular formula is C45H54N8O12. The van der Waals surface area contributed by atoms with E-state index in [-0.39, 0.29) is 5.70 Å². The van der Waals surface area contributed by atoms with Crippen LogP contribution in [0.25, 0.3) is 23.1 Å². The first-order valence-corrected chi connectivity index (χ1v) is 20.7. The molecule has 8 atom stereocenters. The van der Waals surface area contributed by atoms with Crippen molar-refractivity contribution in [3.05, 3.63) is 108 Å². The number of fused-ring (bicyclic) bond motifs is 2. The van der Waals surface area contributed by atoms with Gasteiger partial charge in [-0.05, 0) is 17.7 Å². The van der Waals surface area contributed by atoms with Crippen molar-refractivity contribution in [2.24, 2.45) is 5.92 Å². The number of hydrogen-bond donors (Lipinski definition) is 12. The van der Waals surface area contributed by atoms with Crippen molar-refractivity contribution in [2.75, 3.05) is 26.7 Å². The summed E-state index contributed by atoms with van der Waals surface area (Å²) in [5.74, 6) is -7.50. The Balaban J connectivity index is 1.36. The highest BCUT2D eigenvalue weighted by molar-refractivity contribution is 6.05. The lowest BCUT2D eigenvalue weighted by molar-refractivity contribution is -0.145. The topological polar surface area (TPSA) is 312 Å². The van der Waals surface area contributed by atoms with E-state index in [4.69, 9.17) is 0 Å². The van der Waals surface area contributed by atoms with Gasteiger partial charge in [-0.2, -0.15) is 0 Å². The summed E-state index contributed by atoms with van der Waals surface area (Å²) < 4.78 is 0. The second-order valence-corrected chi connectivity index (χ2v) is 15.8. The van der Waals surface area contributed by atoms with Crippen LogP contribution in [0, 0.1) is 5.92 Å². The third kappa shape index (κ3) is 13.8. The number of nitrogens with zero attached hydrogens (tertiary/aromatic N) is 1. The molecule has 0 unspecified atom stereocenters. The molecule has 0 bridgehead atoms. The zero-order valence-electron chi connectivity index (χ0n) is 35.6. The first-order valence-electron chi connectivity index (χ1n) is 20.7. The predicted molar refractivity (Wildman–Crippen MR) is 236 cm³/mol. The van der Waals surface area contributed by atoms with Gasteiger partial charge < -0.3 is 67.3 Å². The molecule has 0 saturated carbocycles. The molecule has 2 fully saturated rings. The number of aromatic nitrogens is 1. The Labute approximate surface area is 373 Å². The van der Waals surface area contributed by atoms with Crippen LogP contribution >= 0.6 is 0 Å². The number of aliphatic hydroxyl groups excluding tert-OH is 4. The van der Waals surface area contributed by atoms with Crippen LogP contribution in [-0.4, -0.2) is 146 Å². The van der Waals surface area contributed by atoms with Gasteiger partial charge in [0.15, 0.2) is 11.8 Å². The number of β-amino-alcohol motifs (C(OH)–C–C–N with tert-alkyl or cyclic N) is 1. The van der Waals surface area contributed by atoms with Gasteiger partial charge in [0.1, 0.15) is 11.8 Å². The maximum Gasteiger partial charge on any atom is 0.268 e. The van der Waals surface area contributed by atoms with Crippen LogP contribution in [0.2, 0.25) is 0 Å². The molecule has 346 valence electrons. The molecule has 20 heteroatoms. The van der Waals surface area contributed by atoms with E-state index >= 15 is 0 Å². The Bertz CT molecular complexity index is 2350. The molecule has 20 nitrogen and oxygen atoms in total. The van der Waals surface area contributed by atoms with Crippen LogP contribution in [0.15, 0.2) is 96.9 Å². The molecule has 0 radical (unpaired) electrons. The zero-order chi connectivity index (χ0) is 47.3. The summed E-state index contributed by atoms with van der Waals surface area (Å²) in [4.78, 5) is 96.4. The van der Waals surface area contributed by atoms with E-state index < -0.39 is 128 Å². The van der Waals surface area contributed by atoms with Gasteiger partial charge in [0, 0.05) is 42.2 Å². The van der Waals surface area contributed by atoms with Crippen molar-refractivity contribution in [2.45, 2.75) is 68.4 Å². The molecule has 12 N–H and O–H groups in total. The Hall–Kier alpha value is -6.97. The highest BCUT2D eigenvalue weighted by atomic mass is 16.3. The van der Waals surface area contributed by atoms with Gasteiger partial charge in [0.25, 0.3) is 11.8 Å². The summed E-state index contributed by atoms with van der Waals surface area (Å²) in [6.07, 6.45) is 3.15. The number of H-pyrrole nitrogens is 1. The average Bonchev–Trinajstić information content (AvgIpc) is 3.81. The standard InChI is InChI=1S/C45H54N8O12/c1-26(12-6-3-4-7-13-27-14-8-5-9-15-27)40(60)41(61)39-42(62)44(64)50-33-20-35(56)52-45(33,65)21-38(59)53(2)25-37(58)49-32(18-28-22-46-31-17-11-10-16-30(28)31)43(63)48-24-36(57)47-23-29(54)19-34(55)51-39/h3-18,22,26,29,33,39-42,46,54,60-62,65H,19-21,23-25H2,1-2H3,(H,47,57)(H,48,63)(H,49,58)(H,50,64)(H,51,55)(H,52,56)/b4-3+,12-6+,13-7+,32-18+/t26-,29+,33+,39+,40-,41-,42-,45+/m0/s1. The van der Waals surface area contributed by atoms with E-state index in [1.54, 1.807) is 54.8 Å².